The molecule has 0 fully saturated rings. The van der Waals surface area contributed by atoms with Crippen molar-refractivity contribution in [2.24, 2.45) is 0 Å². The number of ether oxygens (including phenoxy) is 3. The molecular weight excluding hydrogens is 469 g/mol. The van der Waals surface area contributed by atoms with E-state index in [1.165, 1.54) is 32.4 Å². The molecule has 2 aromatic rings. The smallest absolute Gasteiger partial charge is 0.336 e. The second-order valence-electron chi connectivity index (χ2n) is 6.78. The van der Waals surface area contributed by atoms with Gasteiger partial charge in [-0.1, -0.05) is 18.2 Å². The summed E-state index contributed by atoms with van der Waals surface area (Å²) in [7, 11) is 4.12. The lowest BCUT2D eigenvalue weighted by Gasteiger charge is -2.30. The molecule has 31 heavy (non-hydrogen) atoms. The largest absolute Gasteiger partial charge is 0.497 e. The normalized spacial score (nSPS) is 13.9. The Labute approximate surface area is 188 Å². The number of methoxy groups -OCH3 is 3. The molecule has 1 heterocycles. The van der Waals surface area contributed by atoms with Gasteiger partial charge in [0, 0.05) is 18.9 Å². The molecule has 0 spiro atoms. The number of hydrogen-bond donors (Lipinski definition) is 0. The third-order valence-corrected chi connectivity index (χ3v) is 5.48. The summed E-state index contributed by atoms with van der Waals surface area (Å²) >= 11 is 3.16. The van der Waals surface area contributed by atoms with E-state index in [0.717, 1.165) is 11.3 Å². The minimum absolute atomic E-state index is 0.221. The Bertz CT molecular complexity index is 1010. The lowest BCUT2D eigenvalue weighted by molar-refractivity contribution is -0.137. The molecule has 0 bridgehead atoms. The van der Waals surface area contributed by atoms with Gasteiger partial charge in [0.1, 0.15) is 11.6 Å². The first-order chi connectivity index (χ1) is 14.9. The van der Waals surface area contributed by atoms with Crippen LogP contribution < -0.4 is 4.74 Å². The maximum absolute atomic E-state index is 13.8. The van der Waals surface area contributed by atoms with Gasteiger partial charge in [0.15, 0.2) is 0 Å². The predicted molar refractivity (Wildman–Crippen MR) is 116 cm³/mol. The summed E-state index contributed by atoms with van der Waals surface area (Å²) in [6, 6.07) is 11.8. The minimum Gasteiger partial charge on any atom is -0.497 e. The number of hydrogen-bond acceptors (Lipinski definition) is 6. The fraction of sp³-hybridized carbons (Fsp3) is 0.217. The lowest BCUT2D eigenvalue weighted by Crippen LogP contribution is -2.28. The second-order valence-corrected chi connectivity index (χ2v) is 7.63. The van der Waals surface area contributed by atoms with Gasteiger partial charge < -0.3 is 19.1 Å². The van der Waals surface area contributed by atoms with Gasteiger partial charge in [-0.15, -0.1) is 0 Å². The van der Waals surface area contributed by atoms with Crippen LogP contribution in [0.1, 0.15) is 17.0 Å². The van der Waals surface area contributed by atoms with Gasteiger partial charge in [0.05, 0.1) is 42.9 Å². The highest BCUT2D eigenvalue weighted by Gasteiger charge is 2.35. The molecule has 0 radical (unpaired) electrons. The number of halogens is 2. The van der Waals surface area contributed by atoms with Crippen LogP contribution in [0, 0.1) is 5.82 Å². The van der Waals surface area contributed by atoms with E-state index in [1.807, 2.05) is 24.3 Å². The Hall–Kier alpha value is -3.13. The van der Waals surface area contributed by atoms with E-state index in [9.17, 15) is 14.0 Å². The average Bonchev–Trinajstić information content (AvgIpc) is 2.79. The summed E-state index contributed by atoms with van der Waals surface area (Å²) in [5.41, 5.74) is 1.95. The van der Waals surface area contributed by atoms with Crippen molar-refractivity contribution in [2.75, 3.05) is 21.3 Å². The van der Waals surface area contributed by atoms with Crippen LogP contribution >= 0.6 is 15.9 Å². The number of nitrogens with zero attached hydrogens (tertiary/aromatic N) is 1. The number of carbonyl (C=O) groups excluding carboxylic acids is 2. The van der Waals surface area contributed by atoms with Crippen LogP contribution in [0.2, 0.25) is 0 Å². The quantitative estimate of drug-likeness (QED) is 0.563. The summed E-state index contributed by atoms with van der Waals surface area (Å²) in [6.07, 6.45) is 3.26. The fourth-order valence-electron chi connectivity index (χ4n) is 3.37. The molecule has 0 unspecified atom stereocenters. The Kier molecular flexibility index (Phi) is 7.12. The van der Waals surface area contributed by atoms with Gasteiger partial charge in [-0.25, -0.2) is 14.0 Å². The monoisotopic (exact) mass is 489 g/mol. The van der Waals surface area contributed by atoms with Crippen molar-refractivity contribution in [2.45, 2.75) is 12.5 Å². The Morgan fingerprint density at radius 2 is 1.55 bits per heavy atom. The Balaban J connectivity index is 2.06. The number of rotatable bonds is 6. The first-order valence-corrected chi connectivity index (χ1v) is 10.1. The van der Waals surface area contributed by atoms with Gasteiger partial charge in [0.25, 0.3) is 0 Å². The highest BCUT2D eigenvalue weighted by Crippen LogP contribution is 2.38. The third-order valence-electron chi connectivity index (χ3n) is 4.88. The van der Waals surface area contributed by atoms with Crippen LogP contribution in [-0.2, 0) is 25.6 Å². The van der Waals surface area contributed by atoms with Gasteiger partial charge >= 0.3 is 11.9 Å². The Morgan fingerprint density at radius 3 is 2.03 bits per heavy atom. The SMILES string of the molecule is COC(=O)C1=CN(Cc2ccc(OC)cc2)C=C(C(=O)OC)C1c1ccc(F)c(Br)c1. The molecule has 0 aliphatic carbocycles. The number of carbonyl (C=O) groups is 2. The van der Waals surface area contributed by atoms with E-state index in [1.54, 1.807) is 24.4 Å². The first kappa shape index (κ1) is 22.6. The summed E-state index contributed by atoms with van der Waals surface area (Å²) < 4.78 is 29.1. The molecule has 6 nitrogen and oxygen atoms in total. The van der Waals surface area contributed by atoms with Crippen LogP contribution in [-0.4, -0.2) is 38.2 Å². The van der Waals surface area contributed by atoms with Crippen molar-refractivity contribution in [3.05, 3.63) is 87.4 Å². The van der Waals surface area contributed by atoms with E-state index < -0.39 is 23.7 Å². The van der Waals surface area contributed by atoms with Crippen molar-refractivity contribution in [3.8, 4) is 5.75 Å². The molecule has 0 saturated heterocycles. The highest BCUT2D eigenvalue weighted by molar-refractivity contribution is 9.10. The number of esters is 2. The molecule has 0 amide bonds. The van der Waals surface area contributed by atoms with E-state index in [4.69, 9.17) is 14.2 Å². The minimum atomic E-state index is -0.774. The molecule has 162 valence electrons. The summed E-state index contributed by atoms with van der Waals surface area (Å²) in [6.45, 7) is 0.394. The fourth-order valence-corrected chi connectivity index (χ4v) is 3.77. The van der Waals surface area contributed by atoms with Crippen LogP contribution in [0.5, 0.6) is 5.75 Å². The van der Waals surface area contributed by atoms with Crippen LogP contribution in [0.25, 0.3) is 0 Å². The molecule has 0 atom stereocenters. The molecular formula is C23H21BrFNO5. The van der Waals surface area contributed by atoms with Crippen molar-refractivity contribution >= 4 is 27.9 Å². The van der Waals surface area contributed by atoms with E-state index in [-0.39, 0.29) is 15.6 Å². The summed E-state index contributed by atoms with van der Waals surface area (Å²) in [5.74, 6) is -1.70. The molecule has 2 aromatic carbocycles. The first-order valence-electron chi connectivity index (χ1n) is 9.31. The maximum atomic E-state index is 13.8. The zero-order valence-corrected chi connectivity index (χ0v) is 18.8. The van der Waals surface area contributed by atoms with Crippen LogP contribution in [0.4, 0.5) is 4.39 Å². The third kappa shape index (κ3) is 4.96. The molecule has 0 N–H and O–H groups in total. The molecule has 1 aliphatic rings. The molecule has 3 rings (SSSR count). The molecule has 0 saturated carbocycles. The van der Waals surface area contributed by atoms with Crippen molar-refractivity contribution in [3.63, 3.8) is 0 Å². The van der Waals surface area contributed by atoms with Crippen LogP contribution in [0.15, 0.2) is 70.5 Å². The predicted octanol–water partition coefficient (Wildman–Crippen LogP) is 4.31. The highest BCUT2D eigenvalue weighted by atomic mass is 79.9. The lowest BCUT2D eigenvalue weighted by atomic mass is 9.83. The van der Waals surface area contributed by atoms with Gasteiger partial charge in [-0.05, 0) is 51.3 Å². The summed E-state index contributed by atoms with van der Waals surface area (Å²) in [4.78, 5) is 27.0. The Morgan fingerprint density at radius 1 is 0.968 bits per heavy atom. The zero-order valence-electron chi connectivity index (χ0n) is 17.2. The van der Waals surface area contributed by atoms with Gasteiger partial charge in [-0.2, -0.15) is 0 Å². The van der Waals surface area contributed by atoms with E-state index in [0.29, 0.717) is 12.1 Å². The van der Waals surface area contributed by atoms with Crippen molar-refractivity contribution in [1.29, 1.82) is 0 Å². The molecule has 8 heteroatoms. The average molecular weight is 490 g/mol. The zero-order chi connectivity index (χ0) is 22.5. The standard InChI is InChI=1S/C23H21BrFNO5/c1-29-16-7-4-14(5-8-16)11-26-12-17(22(27)30-2)21(18(13-26)23(28)31-3)15-6-9-20(25)19(24)10-15/h4-10,12-13,21H,11H2,1-3H3. The van der Waals surface area contributed by atoms with E-state index >= 15 is 0 Å². The maximum Gasteiger partial charge on any atom is 0.336 e. The summed E-state index contributed by atoms with van der Waals surface area (Å²) in [5, 5.41) is 0. The molecule has 1 aliphatic heterocycles. The van der Waals surface area contributed by atoms with Gasteiger partial charge in [-0.3, -0.25) is 0 Å². The topological polar surface area (TPSA) is 65.1 Å². The van der Waals surface area contributed by atoms with Gasteiger partial charge in [0.2, 0.25) is 0 Å². The van der Waals surface area contributed by atoms with E-state index in [2.05, 4.69) is 15.9 Å². The van der Waals surface area contributed by atoms with Crippen LogP contribution in [0.3, 0.4) is 0 Å². The molecule has 0 aromatic heterocycles. The second kappa shape index (κ2) is 9.78. The van der Waals surface area contributed by atoms with Crippen molar-refractivity contribution in [1.82, 2.24) is 4.90 Å². The van der Waals surface area contributed by atoms with Crippen molar-refractivity contribution < 1.29 is 28.2 Å². The number of benzene rings is 2.